The molecular formula is C17H22N2O3. The molecule has 0 spiro atoms. The van der Waals surface area contributed by atoms with Crippen LogP contribution in [0.1, 0.15) is 24.1 Å². The van der Waals surface area contributed by atoms with E-state index >= 15 is 0 Å². The Balaban J connectivity index is 1.92. The number of benzene rings is 1. The number of fused-ring (bicyclic) bond motifs is 1. The van der Waals surface area contributed by atoms with Gasteiger partial charge in [0.15, 0.2) is 0 Å². The summed E-state index contributed by atoms with van der Waals surface area (Å²) < 4.78 is 10.2. The Hall–Kier alpha value is -2.17. The lowest BCUT2D eigenvalue weighted by Crippen LogP contribution is -2.36. The third-order valence-corrected chi connectivity index (χ3v) is 4.55. The first-order valence-corrected chi connectivity index (χ1v) is 7.63. The molecule has 1 aromatic heterocycles. The highest BCUT2D eigenvalue weighted by atomic mass is 16.5. The molecule has 5 nitrogen and oxygen atoms in total. The van der Waals surface area contributed by atoms with Gasteiger partial charge in [0.25, 0.3) is 0 Å². The van der Waals surface area contributed by atoms with Gasteiger partial charge >= 0.3 is 6.09 Å². The van der Waals surface area contributed by atoms with Crippen LogP contribution in [0, 0.1) is 6.92 Å². The van der Waals surface area contributed by atoms with Gasteiger partial charge in [0.1, 0.15) is 5.75 Å². The number of nitrogens with zero attached hydrogens (tertiary/aromatic N) is 1. The molecular weight excluding hydrogens is 280 g/mol. The molecule has 1 aliphatic heterocycles. The number of hydrogen-bond donors (Lipinski definition) is 1. The average molecular weight is 302 g/mol. The van der Waals surface area contributed by atoms with E-state index in [2.05, 4.69) is 18.0 Å². The zero-order valence-electron chi connectivity index (χ0n) is 13.3. The fourth-order valence-corrected chi connectivity index (χ4v) is 3.39. The number of methoxy groups -OCH3 is 2. The number of hydrogen-bond acceptors (Lipinski definition) is 3. The van der Waals surface area contributed by atoms with E-state index in [4.69, 9.17) is 9.47 Å². The van der Waals surface area contributed by atoms with Crippen molar-refractivity contribution < 1.29 is 14.3 Å². The number of aromatic nitrogens is 1. The molecule has 0 saturated carbocycles. The van der Waals surface area contributed by atoms with Crippen LogP contribution in [0.3, 0.4) is 0 Å². The summed E-state index contributed by atoms with van der Waals surface area (Å²) in [5, 5.41) is 1.17. The van der Waals surface area contributed by atoms with Gasteiger partial charge in [-0.2, -0.15) is 0 Å². The molecule has 1 N–H and O–H groups in total. The van der Waals surface area contributed by atoms with E-state index < -0.39 is 0 Å². The van der Waals surface area contributed by atoms with E-state index in [9.17, 15) is 4.79 Å². The molecule has 118 valence electrons. The summed E-state index contributed by atoms with van der Waals surface area (Å²) in [6.07, 6.45) is 2.67. The lowest BCUT2D eigenvalue weighted by atomic mass is 10.0. The number of aryl methyl sites for hydroxylation is 1. The first kappa shape index (κ1) is 14.8. The van der Waals surface area contributed by atoms with Gasteiger partial charge in [-0.25, -0.2) is 4.79 Å². The van der Waals surface area contributed by atoms with Gasteiger partial charge in [0.2, 0.25) is 0 Å². The Morgan fingerprint density at radius 1 is 1.41 bits per heavy atom. The average Bonchev–Trinajstić information content (AvgIpc) is 3.11. The van der Waals surface area contributed by atoms with Crippen LogP contribution in [0.5, 0.6) is 5.75 Å². The third-order valence-electron chi connectivity index (χ3n) is 4.55. The molecule has 1 aromatic carbocycles. The molecule has 1 amide bonds. The Morgan fingerprint density at radius 3 is 2.95 bits per heavy atom. The van der Waals surface area contributed by atoms with Crippen LogP contribution in [0.4, 0.5) is 4.79 Å². The molecule has 1 aliphatic rings. The second-order valence-electron chi connectivity index (χ2n) is 5.80. The molecule has 1 atom stereocenters. The first-order valence-electron chi connectivity index (χ1n) is 7.63. The van der Waals surface area contributed by atoms with Crippen molar-refractivity contribution in [2.24, 2.45) is 0 Å². The summed E-state index contributed by atoms with van der Waals surface area (Å²) in [5.74, 6) is 0.851. The summed E-state index contributed by atoms with van der Waals surface area (Å²) in [6.45, 7) is 2.86. The fourth-order valence-electron chi connectivity index (χ4n) is 3.39. The highest BCUT2D eigenvalue weighted by molar-refractivity contribution is 5.86. The number of carbonyl (C=O) groups excluding carboxylic acids is 1. The Bertz CT molecular complexity index is 693. The number of carbonyl (C=O) groups is 1. The van der Waals surface area contributed by atoms with E-state index in [1.807, 2.05) is 17.0 Å². The van der Waals surface area contributed by atoms with Crippen molar-refractivity contribution in [1.82, 2.24) is 9.88 Å². The zero-order chi connectivity index (χ0) is 15.7. The lowest BCUT2D eigenvalue weighted by molar-refractivity contribution is 0.119. The van der Waals surface area contributed by atoms with Gasteiger partial charge in [0, 0.05) is 29.2 Å². The predicted octanol–water partition coefficient (Wildman–Crippen LogP) is 3.26. The van der Waals surface area contributed by atoms with Crippen molar-refractivity contribution in [2.45, 2.75) is 32.2 Å². The van der Waals surface area contributed by atoms with Crippen LogP contribution >= 0.6 is 0 Å². The maximum atomic E-state index is 11.9. The number of ether oxygens (including phenoxy) is 2. The van der Waals surface area contributed by atoms with Crippen LogP contribution in [0.15, 0.2) is 18.2 Å². The molecule has 22 heavy (non-hydrogen) atoms. The Kier molecular flexibility index (Phi) is 3.96. The molecule has 0 bridgehead atoms. The van der Waals surface area contributed by atoms with Crippen LogP contribution in [-0.4, -0.2) is 42.8 Å². The molecule has 1 saturated heterocycles. The second-order valence-corrected chi connectivity index (χ2v) is 5.80. The number of aromatic amines is 1. The monoisotopic (exact) mass is 302 g/mol. The minimum Gasteiger partial charge on any atom is -0.497 e. The Morgan fingerprint density at radius 2 is 2.23 bits per heavy atom. The van der Waals surface area contributed by atoms with Crippen LogP contribution in [-0.2, 0) is 11.2 Å². The van der Waals surface area contributed by atoms with E-state index in [0.29, 0.717) is 0 Å². The molecule has 2 aromatic rings. The molecule has 2 heterocycles. The second kappa shape index (κ2) is 5.91. The summed E-state index contributed by atoms with van der Waals surface area (Å²) in [5.41, 5.74) is 3.52. The number of nitrogens with one attached hydrogen (secondary N) is 1. The summed E-state index contributed by atoms with van der Waals surface area (Å²) >= 11 is 0. The molecule has 5 heteroatoms. The van der Waals surface area contributed by atoms with Gasteiger partial charge in [-0.3, -0.25) is 0 Å². The number of H-pyrrole nitrogens is 1. The normalized spacial score (nSPS) is 18.0. The molecule has 1 unspecified atom stereocenters. The largest absolute Gasteiger partial charge is 0.497 e. The SMILES string of the molecule is COC(=O)N1CCCC1Cc1c(C)[nH]c2ccc(OC)cc12. The van der Waals surface area contributed by atoms with E-state index in [1.165, 1.54) is 18.1 Å². The quantitative estimate of drug-likeness (QED) is 0.947. The molecule has 0 aliphatic carbocycles. The van der Waals surface area contributed by atoms with Crippen molar-refractivity contribution in [3.8, 4) is 5.75 Å². The topological polar surface area (TPSA) is 54.6 Å². The summed E-state index contributed by atoms with van der Waals surface area (Å²) in [6, 6.07) is 6.26. The molecule has 3 rings (SSSR count). The van der Waals surface area contributed by atoms with Crippen molar-refractivity contribution in [1.29, 1.82) is 0 Å². The predicted molar refractivity (Wildman–Crippen MR) is 85.4 cm³/mol. The standard InChI is InChI=1S/C17H22N2O3/c1-11-14(9-12-5-4-8-19(12)17(20)22-3)15-10-13(21-2)6-7-16(15)18-11/h6-7,10,12,18H,4-5,8-9H2,1-3H3. The van der Waals surface area contributed by atoms with E-state index in [0.717, 1.165) is 42.8 Å². The van der Waals surface area contributed by atoms with Crippen molar-refractivity contribution >= 4 is 17.0 Å². The maximum Gasteiger partial charge on any atom is 0.409 e. The number of rotatable bonds is 3. The highest BCUT2D eigenvalue weighted by Gasteiger charge is 2.30. The third kappa shape index (κ3) is 2.51. The first-order chi connectivity index (χ1) is 10.6. The van der Waals surface area contributed by atoms with Gasteiger partial charge in [-0.05, 0) is 49.9 Å². The summed E-state index contributed by atoms with van der Waals surface area (Å²) in [7, 11) is 3.12. The smallest absolute Gasteiger partial charge is 0.409 e. The van der Waals surface area contributed by atoms with Crippen LogP contribution < -0.4 is 4.74 Å². The molecule has 0 radical (unpaired) electrons. The Labute approximate surface area is 130 Å². The number of amides is 1. The van der Waals surface area contributed by atoms with Gasteiger partial charge < -0.3 is 19.4 Å². The fraction of sp³-hybridized carbons (Fsp3) is 0.471. The van der Waals surface area contributed by atoms with Gasteiger partial charge in [0.05, 0.1) is 14.2 Å². The summed E-state index contributed by atoms with van der Waals surface area (Å²) in [4.78, 5) is 17.1. The van der Waals surface area contributed by atoms with Gasteiger partial charge in [-0.15, -0.1) is 0 Å². The van der Waals surface area contributed by atoms with Crippen LogP contribution in [0.2, 0.25) is 0 Å². The lowest BCUT2D eigenvalue weighted by Gasteiger charge is -2.23. The van der Waals surface area contributed by atoms with Crippen LogP contribution in [0.25, 0.3) is 10.9 Å². The minimum atomic E-state index is -0.224. The van der Waals surface area contributed by atoms with Crippen molar-refractivity contribution in [2.75, 3.05) is 20.8 Å². The van der Waals surface area contributed by atoms with E-state index in [1.54, 1.807) is 7.11 Å². The maximum absolute atomic E-state index is 11.9. The van der Waals surface area contributed by atoms with E-state index in [-0.39, 0.29) is 12.1 Å². The minimum absolute atomic E-state index is 0.205. The van der Waals surface area contributed by atoms with Crippen molar-refractivity contribution in [3.05, 3.63) is 29.5 Å². The zero-order valence-corrected chi connectivity index (χ0v) is 13.3. The number of likely N-dealkylation sites (tertiary alicyclic amines) is 1. The highest BCUT2D eigenvalue weighted by Crippen LogP contribution is 2.30. The molecule has 1 fully saturated rings. The van der Waals surface area contributed by atoms with Crippen molar-refractivity contribution in [3.63, 3.8) is 0 Å². The van der Waals surface area contributed by atoms with Gasteiger partial charge in [-0.1, -0.05) is 0 Å².